The van der Waals surface area contributed by atoms with Crippen LogP contribution in [0.5, 0.6) is 0 Å². The summed E-state index contributed by atoms with van der Waals surface area (Å²) in [4.78, 5) is 96.9. The van der Waals surface area contributed by atoms with Crippen LogP contribution in [0.1, 0.15) is 366 Å². The number of carbonyl (C=O) groups excluding carboxylic acids is 8. The summed E-state index contributed by atoms with van der Waals surface area (Å²) in [6, 6.07) is 4.30. The Labute approximate surface area is 640 Å². The molecule has 2 aliphatic heterocycles. The molecule has 0 N–H and O–H groups in total. The van der Waals surface area contributed by atoms with Crippen LogP contribution in [0.3, 0.4) is 0 Å². The Kier molecular flexibility index (Phi) is 31.3. The molecule has 0 aromatic carbocycles. The van der Waals surface area contributed by atoms with Crippen LogP contribution >= 0.6 is 0 Å². The van der Waals surface area contributed by atoms with E-state index in [1.165, 1.54) is 89.9 Å². The predicted octanol–water partition coefficient (Wildman–Crippen LogP) is 20.3. The van der Waals surface area contributed by atoms with E-state index in [2.05, 4.69) is 67.5 Å². The van der Waals surface area contributed by atoms with Crippen LogP contribution in [0, 0.1) is 107 Å². The lowest BCUT2D eigenvalue weighted by molar-refractivity contribution is -0.180. The van der Waals surface area contributed by atoms with Crippen molar-refractivity contribution in [3.63, 3.8) is 0 Å². The lowest BCUT2D eigenvalue weighted by atomic mass is 9.73. The first-order chi connectivity index (χ1) is 49.1. The van der Waals surface area contributed by atoms with Gasteiger partial charge in [0.15, 0.2) is 10.8 Å². The zero-order valence-electron chi connectivity index (χ0n) is 71.0. The number of nitriles is 2. The summed E-state index contributed by atoms with van der Waals surface area (Å²) in [7, 11) is 0. The number of ether oxygens (including phenoxy) is 8. The number of fused-ring (bicyclic) bond motifs is 2. The van der Waals surface area contributed by atoms with Crippen molar-refractivity contribution in [3.05, 3.63) is 0 Å². The summed E-state index contributed by atoms with van der Waals surface area (Å²) in [5.74, 6) is 0.00497. The molecule has 10 aliphatic rings. The van der Waals surface area contributed by atoms with Crippen molar-refractivity contribution < 1.29 is 76.3 Å². The third-order valence-corrected chi connectivity index (χ3v) is 28.2. The van der Waals surface area contributed by atoms with Gasteiger partial charge in [-0.3, -0.25) is 38.4 Å². The van der Waals surface area contributed by atoms with Gasteiger partial charge in [0, 0.05) is 23.7 Å². The normalized spacial score (nSPS) is 27.8. The third kappa shape index (κ3) is 20.5. The van der Waals surface area contributed by atoms with Gasteiger partial charge in [0.25, 0.3) is 0 Å². The van der Waals surface area contributed by atoms with Crippen LogP contribution in [0.15, 0.2) is 0 Å². The third-order valence-electron chi connectivity index (χ3n) is 28.2. The Balaban J connectivity index is 0.000000229. The second-order valence-corrected chi connectivity index (χ2v) is 38.4. The molecule has 10 rings (SSSR count). The quantitative estimate of drug-likeness (QED) is 0.0680. The second kappa shape index (κ2) is 36.3. The molecule has 4 bridgehead atoms. The van der Waals surface area contributed by atoms with Crippen LogP contribution in [-0.2, 0) is 76.3 Å². The van der Waals surface area contributed by atoms with E-state index in [0.29, 0.717) is 43.4 Å². The Morgan fingerprint density at radius 1 is 0.434 bits per heavy atom. The van der Waals surface area contributed by atoms with Crippen molar-refractivity contribution in [1.82, 2.24) is 0 Å². The molecule has 604 valence electrons. The SMILES string of the molecule is CCC(C)(C)C(=O)OC(C)(C)C1CCCCC1.CCC(C)(C)C(=O)OC(CC)(CC)C1CCCCC1.CCC(C)(C)C(=O)OC1(C(C)C)CCCC1.CCC(C)(C)C(=O)OC1(C)CCCC1.CCC(C)(C)C(=O)OC1C2CC3C1OC(=O)C3(C#N)C2.CCC(C)(C)C(=O)OC1C2CC3C1OC(=O)C3(C#N)C2. The predicted molar refractivity (Wildman–Crippen MR) is 410 cm³/mol. The molecule has 2 saturated heterocycles. The van der Waals surface area contributed by atoms with Gasteiger partial charge < -0.3 is 37.9 Å². The standard InChI is InChI=1S/C17H32O2.2C15H19NO4.C15H28O2.C14H26O2.C12H22O2/c1-6-16(4,5)15(18)19-17(7-2,8-3)14-12-10-9-11-13-14;2*1-4-14(2,3)12(17)19-10-8-5-9-11(10)20-13(18)15(9,6-8)7-16;1-6-14(2,3)13(16)17-15(4,5)12-10-8-7-9-11-12;1-6-13(4,5)12(15)16-14(11(2)3)9-7-8-10-14;1-5-11(2,3)10(13)14-12(4)8-6-7-9-12/h14H,6-13H2,1-5H3;2*8-11H,4-6H2,1-3H3;12H,6-11H2,1-5H3;11H,6-10H2,1-5H3;5-9H2,1-4H3. The molecule has 0 spiro atoms. The molecule has 8 aliphatic carbocycles. The molecule has 0 aromatic rings. The highest BCUT2D eigenvalue weighted by Gasteiger charge is 2.74. The van der Waals surface area contributed by atoms with Crippen molar-refractivity contribution in [2.75, 3.05) is 0 Å². The van der Waals surface area contributed by atoms with Crippen molar-refractivity contribution in [2.24, 2.45) is 84.7 Å². The van der Waals surface area contributed by atoms with E-state index >= 15 is 0 Å². The first-order valence-corrected chi connectivity index (χ1v) is 41.8. The van der Waals surface area contributed by atoms with Gasteiger partial charge in [0.1, 0.15) is 46.8 Å². The summed E-state index contributed by atoms with van der Waals surface area (Å²) in [6.07, 6.45) is 29.0. The molecule has 10 unspecified atom stereocenters. The molecular formula is C88H146N2O16. The van der Waals surface area contributed by atoms with Crippen molar-refractivity contribution in [1.29, 1.82) is 10.5 Å². The molecule has 10 atom stereocenters. The fraction of sp³-hybridized carbons (Fsp3) is 0.886. The molecule has 8 saturated carbocycles. The van der Waals surface area contributed by atoms with Gasteiger partial charge >= 0.3 is 47.8 Å². The molecule has 0 aromatic heterocycles. The van der Waals surface area contributed by atoms with Gasteiger partial charge in [0.05, 0.1) is 44.6 Å². The summed E-state index contributed by atoms with van der Waals surface area (Å²) in [5, 5.41) is 18.6. The van der Waals surface area contributed by atoms with E-state index in [1.54, 1.807) is 0 Å². The number of esters is 8. The molecule has 10 fully saturated rings. The van der Waals surface area contributed by atoms with E-state index in [-0.39, 0.29) is 116 Å². The number of hydrogen-bond donors (Lipinski definition) is 0. The zero-order valence-corrected chi connectivity index (χ0v) is 71.0. The minimum Gasteiger partial charge on any atom is -0.459 e. The smallest absolute Gasteiger partial charge is 0.327 e. The first-order valence-electron chi connectivity index (χ1n) is 41.8. The summed E-state index contributed by atoms with van der Waals surface area (Å²) in [5.41, 5.74) is -5.27. The summed E-state index contributed by atoms with van der Waals surface area (Å²) < 4.78 is 45.4. The fourth-order valence-electron chi connectivity index (χ4n) is 17.0. The van der Waals surface area contributed by atoms with Gasteiger partial charge in [-0.25, -0.2) is 0 Å². The molecular weight excluding hydrogens is 1340 g/mol. The maximum atomic E-state index is 12.4. The van der Waals surface area contributed by atoms with Crippen LogP contribution in [-0.4, -0.2) is 94.6 Å². The van der Waals surface area contributed by atoms with E-state index in [4.69, 9.17) is 37.9 Å². The van der Waals surface area contributed by atoms with Gasteiger partial charge in [-0.1, -0.05) is 108 Å². The highest BCUT2D eigenvalue weighted by Crippen LogP contribution is 2.64. The maximum absolute atomic E-state index is 12.4. The average Bonchev–Trinajstić information content (AvgIpc) is 1.54. The number of nitrogens with zero attached hydrogens (tertiary/aromatic N) is 2. The lowest BCUT2D eigenvalue weighted by Crippen LogP contribution is -2.45. The largest absolute Gasteiger partial charge is 0.459 e. The van der Waals surface area contributed by atoms with Gasteiger partial charge in [0.2, 0.25) is 0 Å². The second-order valence-electron chi connectivity index (χ2n) is 38.4. The highest BCUT2D eigenvalue weighted by atomic mass is 16.6. The average molecular weight is 1490 g/mol. The van der Waals surface area contributed by atoms with E-state index < -0.39 is 45.8 Å². The molecule has 18 heteroatoms. The highest BCUT2D eigenvalue weighted by molar-refractivity contribution is 5.86. The number of rotatable bonds is 23. The van der Waals surface area contributed by atoms with Crippen LogP contribution in [0.4, 0.5) is 0 Å². The minimum absolute atomic E-state index is 0.00993. The molecule has 2 heterocycles. The van der Waals surface area contributed by atoms with Crippen LogP contribution < -0.4 is 0 Å². The Hall–Kier alpha value is -5.26. The summed E-state index contributed by atoms with van der Waals surface area (Å²) >= 11 is 0. The Morgan fingerprint density at radius 2 is 0.755 bits per heavy atom. The van der Waals surface area contributed by atoms with Crippen LogP contribution in [0.2, 0.25) is 0 Å². The Bertz CT molecular complexity index is 2980. The minimum atomic E-state index is -0.974. The number of hydrogen-bond acceptors (Lipinski definition) is 18. The van der Waals surface area contributed by atoms with Crippen molar-refractivity contribution >= 4 is 47.8 Å². The Morgan fingerprint density at radius 3 is 1.09 bits per heavy atom. The fourth-order valence-corrected chi connectivity index (χ4v) is 17.0. The van der Waals surface area contributed by atoms with E-state index in [9.17, 15) is 48.9 Å². The molecule has 0 radical (unpaired) electrons. The monoisotopic (exact) mass is 1490 g/mol. The van der Waals surface area contributed by atoms with Gasteiger partial charge in [-0.2, -0.15) is 10.5 Å². The number of carbonyl (C=O) groups is 8. The van der Waals surface area contributed by atoms with E-state index in [1.807, 2.05) is 118 Å². The van der Waals surface area contributed by atoms with E-state index in [0.717, 1.165) is 77.0 Å². The van der Waals surface area contributed by atoms with Gasteiger partial charge in [-0.15, -0.1) is 0 Å². The summed E-state index contributed by atoms with van der Waals surface area (Å²) in [6.45, 7) is 50.1. The topological polar surface area (TPSA) is 258 Å². The molecule has 18 nitrogen and oxygen atoms in total. The molecule has 0 amide bonds. The van der Waals surface area contributed by atoms with Crippen LogP contribution in [0.25, 0.3) is 0 Å². The lowest BCUT2D eigenvalue weighted by Gasteiger charge is -2.42. The van der Waals surface area contributed by atoms with Crippen molar-refractivity contribution in [2.45, 2.75) is 413 Å². The maximum Gasteiger partial charge on any atom is 0.327 e. The van der Waals surface area contributed by atoms with Gasteiger partial charge in [-0.05, 0) is 276 Å². The zero-order chi connectivity index (χ0) is 80.3. The van der Waals surface area contributed by atoms with Crippen molar-refractivity contribution in [3.8, 4) is 12.1 Å². The molecule has 106 heavy (non-hydrogen) atoms. The first kappa shape index (κ1) is 91.4.